The third kappa shape index (κ3) is 3.85. The lowest BCUT2D eigenvalue weighted by Gasteiger charge is -2.38. The van der Waals surface area contributed by atoms with Gasteiger partial charge in [-0.1, -0.05) is 13.8 Å². The van der Waals surface area contributed by atoms with Crippen molar-refractivity contribution < 1.29 is 19.8 Å². The highest BCUT2D eigenvalue weighted by molar-refractivity contribution is 5.83. The number of carbonyl (C=O) groups is 2. The second kappa shape index (κ2) is 6.62. The zero-order chi connectivity index (χ0) is 15.6. The second-order valence-corrected chi connectivity index (χ2v) is 6.36. The number of hydrogen-bond donors (Lipinski definition) is 2. The standard InChI is InChI=1S/C14H25N3O4/c1-10(2)8-15-3-5-16(6-4-15)14(21)17-9-11(18)7-12(17)13(19)20/h10-12,18H,3-9H2,1-2H3,(H,19,20)/t11-,12-/m1/s1. The summed E-state index contributed by atoms with van der Waals surface area (Å²) >= 11 is 0. The molecule has 2 amide bonds. The number of likely N-dealkylation sites (tertiary alicyclic amines) is 1. The van der Waals surface area contributed by atoms with Crippen molar-refractivity contribution in [2.45, 2.75) is 32.4 Å². The highest BCUT2D eigenvalue weighted by atomic mass is 16.4. The van der Waals surface area contributed by atoms with Gasteiger partial charge in [-0.25, -0.2) is 9.59 Å². The van der Waals surface area contributed by atoms with Crippen molar-refractivity contribution in [2.75, 3.05) is 39.3 Å². The van der Waals surface area contributed by atoms with Crippen LogP contribution in [0.1, 0.15) is 20.3 Å². The van der Waals surface area contributed by atoms with Gasteiger partial charge >= 0.3 is 12.0 Å². The smallest absolute Gasteiger partial charge is 0.326 e. The number of amides is 2. The van der Waals surface area contributed by atoms with Gasteiger partial charge in [0.15, 0.2) is 0 Å². The first-order valence-corrected chi connectivity index (χ1v) is 7.57. The van der Waals surface area contributed by atoms with Crippen molar-refractivity contribution in [3.8, 4) is 0 Å². The Hall–Kier alpha value is -1.34. The molecule has 7 heteroatoms. The molecule has 2 aliphatic rings. The van der Waals surface area contributed by atoms with Crippen molar-refractivity contribution in [1.82, 2.24) is 14.7 Å². The summed E-state index contributed by atoms with van der Waals surface area (Å²) in [6, 6.07) is -1.16. The van der Waals surface area contributed by atoms with Gasteiger partial charge in [0.1, 0.15) is 6.04 Å². The van der Waals surface area contributed by atoms with E-state index in [9.17, 15) is 14.7 Å². The highest BCUT2D eigenvalue weighted by Gasteiger charge is 2.41. The van der Waals surface area contributed by atoms with E-state index in [2.05, 4.69) is 18.7 Å². The lowest BCUT2D eigenvalue weighted by Crippen LogP contribution is -2.55. The van der Waals surface area contributed by atoms with Crippen LogP contribution in [0.3, 0.4) is 0 Å². The van der Waals surface area contributed by atoms with Crippen molar-refractivity contribution >= 4 is 12.0 Å². The van der Waals surface area contributed by atoms with Crippen LogP contribution >= 0.6 is 0 Å². The summed E-state index contributed by atoms with van der Waals surface area (Å²) < 4.78 is 0. The van der Waals surface area contributed by atoms with Crippen LogP contribution < -0.4 is 0 Å². The molecule has 2 fully saturated rings. The molecule has 0 spiro atoms. The number of carbonyl (C=O) groups excluding carboxylic acids is 1. The van der Waals surface area contributed by atoms with Crippen LogP contribution in [0.25, 0.3) is 0 Å². The van der Waals surface area contributed by atoms with Crippen LogP contribution in [0.5, 0.6) is 0 Å². The number of aliphatic carboxylic acids is 1. The van der Waals surface area contributed by atoms with Crippen LogP contribution in [-0.4, -0.2) is 88.3 Å². The summed E-state index contributed by atoms with van der Waals surface area (Å²) in [5.41, 5.74) is 0. The number of aliphatic hydroxyl groups excluding tert-OH is 1. The molecule has 2 atom stereocenters. The fourth-order valence-electron chi connectivity index (χ4n) is 3.08. The minimum atomic E-state index is -1.04. The van der Waals surface area contributed by atoms with E-state index in [-0.39, 0.29) is 19.0 Å². The largest absolute Gasteiger partial charge is 0.480 e. The van der Waals surface area contributed by atoms with Gasteiger partial charge in [0.2, 0.25) is 0 Å². The maximum Gasteiger partial charge on any atom is 0.326 e. The average molecular weight is 299 g/mol. The first kappa shape index (κ1) is 16.0. The fourth-order valence-corrected chi connectivity index (χ4v) is 3.08. The molecule has 7 nitrogen and oxygen atoms in total. The van der Waals surface area contributed by atoms with Crippen LogP contribution in [0.4, 0.5) is 4.79 Å². The Morgan fingerprint density at radius 3 is 2.33 bits per heavy atom. The normalized spacial score (nSPS) is 27.4. The minimum absolute atomic E-state index is 0.113. The Morgan fingerprint density at radius 2 is 1.81 bits per heavy atom. The summed E-state index contributed by atoms with van der Waals surface area (Å²) in [7, 11) is 0. The summed E-state index contributed by atoms with van der Waals surface area (Å²) in [6.45, 7) is 8.33. The van der Waals surface area contributed by atoms with E-state index in [4.69, 9.17) is 5.11 Å². The molecule has 2 saturated heterocycles. The number of rotatable bonds is 3. The minimum Gasteiger partial charge on any atom is -0.480 e. The molecule has 2 N–H and O–H groups in total. The van der Waals surface area contributed by atoms with Crippen LogP contribution in [0.2, 0.25) is 0 Å². The van der Waals surface area contributed by atoms with E-state index < -0.39 is 18.1 Å². The van der Waals surface area contributed by atoms with E-state index >= 15 is 0 Å². The topological polar surface area (TPSA) is 84.3 Å². The Morgan fingerprint density at radius 1 is 1.19 bits per heavy atom. The number of hydrogen-bond acceptors (Lipinski definition) is 4. The van der Waals surface area contributed by atoms with Crippen molar-refractivity contribution in [3.63, 3.8) is 0 Å². The van der Waals surface area contributed by atoms with E-state index in [1.165, 1.54) is 4.90 Å². The first-order valence-electron chi connectivity index (χ1n) is 7.57. The predicted molar refractivity (Wildman–Crippen MR) is 77.0 cm³/mol. The third-order valence-electron chi connectivity index (χ3n) is 4.08. The molecule has 0 saturated carbocycles. The molecule has 0 bridgehead atoms. The fraction of sp³-hybridized carbons (Fsp3) is 0.857. The number of urea groups is 1. The highest BCUT2D eigenvalue weighted by Crippen LogP contribution is 2.20. The lowest BCUT2D eigenvalue weighted by molar-refractivity contribution is -0.141. The van der Waals surface area contributed by atoms with Crippen LogP contribution in [0, 0.1) is 5.92 Å². The number of β-amino-alcohol motifs (C(OH)–C–C–N with tert-alkyl or cyclic N) is 1. The molecule has 2 rings (SSSR count). The Kier molecular flexibility index (Phi) is 5.05. The van der Waals surface area contributed by atoms with Crippen molar-refractivity contribution in [1.29, 1.82) is 0 Å². The molecule has 0 radical (unpaired) electrons. The SMILES string of the molecule is CC(C)CN1CCN(C(=O)N2C[C@H](O)C[C@@H]2C(=O)O)CC1. The average Bonchev–Trinajstić information content (AvgIpc) is 2.80. The molecular formula is C14H25N3O4. The molecular weight excluding hydrogens is 274 g/mol. The molecule has 2 heterocycles. The second-order valence-electron chi connectivity index (χ2n) is 6.36. The summed E-state index contributed by atoms with van der Waals surface area (Å²) in [5.74, 6) is -0.448. The summed E-state index contributed by atoms with van der Waals surface area (Å²) in [6.07, 6.45) is -0.619. The summed E-state index contributed by atoms with van der Waals surface area (Å²) in [4.78, 5) is 29.0. The Balaban J connectivity index is 1.91. The van der Waals surface area contributed by atoms with Gasteiger partial charge in [0.05, 0.1) is 6.10 Å². The lowest BCUT2D eigenvalue weighted by atomic mass is 10.2. The number of piperazine rings is 1. The van der Waals surface area contributed by atoms with Gasteiger partial charge in [-0.2, -0.15) is 0 Å². The molecule has 0 aliphatic carbocycles. The quantitative estimate of drug-likeness (QED) is 0.760. The molecule has 0 aromatic rings. The van der Waals surface area contributed by atoms with E-state index in [1.807, 2.05) is 0 Å². The maximum absolute atomic E-state index is 12.4. The zero-order valence-corrected chi connectivity index (χ0v) is 12.7. The number of carboxylic acids is 1. The van der Waals surface area contributed by atoms with Crippen LogP contribution in [-0.2, 0) is 4.79 Å². The molecule has 2 aliphatic heterocycles. The number of nitrogens with zero attached hydrogens (tertiary/aromatic N) is 3. The van der Waals surface area contributed by atoms with Crippen molar-refractivity contribution in [2.24, 2.45) is 5.92 Å². The van der Waals surface area contributed by atoms with Gasteiger partial charge in [-0.3, -0.25) is 4.90 Å². The monoisotopic (exact) mass is 299 g/mol. The Bertz CT molecular complexity index is 394. The van der Waals surface area contributed by atoms with E-state index in [0.717, 1.165) is 19.6 Å². The van der Waals surface area contributed by atoms with Gasteiger partial charge in [0.25, 0.3) is 0 Å². The molecule has 120 valence electrons. The third-order valence-corrected chi connectivity index (χ3v) is 4.08. The van der Waals surface area contributed by atoms with Crippen molar-refractivity contribution in [3.05, 3.63) is 0 Å². The Labute approximate surface area is 125 Å². The van der Waals surface area contributed by atoms with E-state index in [1.54, 1.807) is 4.90 Å². The predicted octanol–water partition coefficient (Wildman–Crippen LogP) is -0.100. The van der Waals surface area contributed by atoms with Gasteiger partial charge < -0.3 is 20.0 Å². The first-order chi connectivity index (χ1) is 9.88. The zero-order valence-electron chi connectivity index (χ0n) is 12.7. The molecule has 0 aromatic heterocycles. The maximum atomic E-state index is 12.4. The van der Waals surface area contributed by atoms with Gasteiger partial charge in [-0.05, 0) is 5.92 Å². The molecule has 0 aromatic carbocycles. The van der Waals surface area contributed by atoms with Crippen LogP contribution in [0.15, 0.2) is 0 Å². The molecule has 0 unspecified atom stereocenters. The number of aliphatic hydroxyl groups is 1. The van der Waals surface area contributed by atoms with Gasteiger partial charge in [0, 0.05) is 45.7 Å². The number of carboxylic acid groups (broad SMARTS) is 1. The molecule has 21 heavy (non-hydrogen) atoms. The van der Waals surface area contributed by atoms with E-state index in [0.29, 0.717) is 19.0 Å². The van der Waals surface area contributed by atoms with Gasteiger partial charge in [-0.15, -0.1) is 0 Å². The summed E-state index contributed by atoms with van der Waals surface area (Å²) in [5, 5.41) is 18.8.